The quantitative estimate of drug-likeness (QED) is 0.864. The maximum absolute atomic E-state index is 12.7. The molecule has 22 heavy (non-hydrogen) atoms. The fourth-order valence-corrected chi connectivity index (χ4v) is 3.90. The third-order valence-corrected chi connectivity index (χ3v) is 5.15. The van der Waals surface area contributed by atoms with Gasteiger partial charge in [-0.3, -0.25) is 4.79 Å². The molecule has 0 unspecified atom stereocenters. The lowest BCUT2D eigenvalue weighted by Crippen LogP contribution is -2.36. The monoisotopic (exact) mass is 360 g/mol. The largest absolute Gasteiger partial charge is 0.349 e. The Morgan fingerprint density at radius 3 is 2.55 bits per heavy atom. The number of fused-ring (bicyclic) bond motifs is 1. The number of benzene rings is 2. The van der Waals surface area contributed by atoms with Crippen LogP contribution >= 0.6 is 15.9 Å². The maximum Gasteiger partial charge on any atom is 0.251 e. The van der Waals surface area contributed by atoms with Gasteiger partial charge in [-0.25, -0.2) is 0 Å². The summed E-state index contributed by atoms with van der Waals surface area (Å²) in [5, 5.41) is 5.33. The number of amides is 1. The summed E-state index contributed by atoms with van der Waals surface area (Å²) in [6.45, 7) is 0.362. The molecule has 0 aromatic heterocycles. The summed E-state index contributed by atoms with van der Waals surface area (Å²) in [5.74, 6) is -0.00111. The van der Waals surface area contributed by atoms with Crippen molar-refractivity contribution < 1.29 is 4.79 Å². The highest BCUT2D eigenvalue weighted by Crippen LogP contribution is 2.30. The minimum Gasteiger partial charge on any atom is -0.349 e. The first-order chi connectivity index (χ1) is 10.7. The smallest absolute Gasteiger partial charge is 0.251 e. The summed E-state index contributed by atoms with van der Waals surface area (Å²) in [4.78, 5) is 12.7. The average Bonchev–Trinajstić information content (AvgIpc) is 2.56. The van der Waals surface area contributed by atoms with E-state index in [4.69, 9.17) is 5.73 Å². The maximum atomic E-state index is 12.7. The Labute approximate surface area is 139 Å². The number of nitrogens with one attached hydrogen (secondary N) is 1. The fourth-order valence-electron chi connectivity index (χ4n) is 3.32. The van der Waals surface area contributed by atoms with Crippen LogP contribution in [0.15, 0.2) is 34.8 Å². The third-order valence-electron chi connectivity index (χ3n) is 4.49. The van der Waals surface area contributed by atoms with Gasteiger partial charge in [0, 0.05) is 22.6 Å². The SMILES string of the molecule is NCc1c(C(=O)NC2CCCCC2)cc(Br)c2ccccc12. The van der Waals surface area contributed by atoms with E-state index in [1.165, 1.54) is 19.3 Å². The van der Waals surface area contributed by atoms with E-state index in [9.17, 15) is 4.79 Å². The summed E-state index contributed by atoms with van der Waals surface area (Å²) in [7, 11) is 0. The Bertz CT molecular complexity index is 693. The third kappa shape index (κ3) is 3.03. The Hall–Kier alpha value is -1.39. The molecule has 1 fully saturated rings. The van der Waals surface area contributed by atoms with E-state index in [-0.39, 0.29) is 5.91 Å². The number of halogens is 1. The number of hydrogen-bond acceptors (Lipinski definition) is 2. The predicted octanol–water partition coefficient (Wildman–Crippen LogP) is 4.12. The average molecular weight is 361 g/mol. The first-order valence-electron chi connectivity index (χ1n) is 7.91. The molecule has 0 spiro atoms. The van der Waals surface area contributed by atoms with E-state index in [0.717, 1.165) is 33.7 Å². The van der Waals surface area contributed by atoms with Crippen LogP contribution in [0.2, 0.25) is 0 Å². The number of nitrogens with two attached hydrogens (primary N) is 1. The molecule has 0 aliphatic heterocycles. The molecule has 1 saturated carbocycles. The van der Waals surface area contributed by atoms with Crippen LogP contribution in [0.4, 0.5) is 0 Å². The highest BCUT2D eigenvalue weighted by molar-refractivity contribution is 9.10. The van der Waals surface area contributed by atoms with Crippen molar-refractivity contribution in [1.82, 2.24) is 5.32 Å². The molecule has 3 rings (SSSR count). The van der Waals surface area contributed by atoms with Crippen molar-refractivity contribution in [2.45, 2.75) is 44.7 Å². The molecule has 1 aliphatic rings. The van der Waals surface area contributed by atoms with Crippen molar-refractivity contribution in [2.24, 2.45) is 5.73 Å². The molecule has 3 nitrogen and oxygen atoms in total. The summed E-state index contributed by atoms with van der Waals surface area (Å²) < 4.78 is 0.939. The van der Waals surface area contributed by atoms with Gasteiger partial charge in [0.1, 0.15) is 0 Å². The van der Waals surface area contributed by atoms with Gasteiger partial charge in [-0.2, -0.15) is 0 Å². The van der Waals surface area contributed by atoms with Crippen molar-refractivity contribution in [2.75, 3.05) is 0 Å². The zero-order valence-corrected chi connectivity index (χ0v) is 14.2. The molecule has 0 heterocycles. The van der Waals surface area contributed by atoms with Crippen molar-refractivity contribution in [3.05, 3.63) is 45.9 Å². The van der Waals surface area contributed by atoms with Crippen molar-refractivity contribution >= 4 is 32.6 Å². The Morgan fingerprint density at radius 1 is 1.18 bits per heavy atom. The van der Waals surface area contributed by atoms with Gasteiger partial charge >= 0.3 is 0 Å². The van der Waals surface area contributed by atoms with Crippen LogP contribution in [0.25, 0.3) is 10.8 Å². The molecule has 0 atom stereocenters. The molecule has 116 valence electrons. The number of hydrogen-bond donors (Lipinski definition) is 2. The topological polar surface area (TPSA) is 55.1 Å². The van der Waals surface area contributed by atoms with Crippen molar-refractivity contribution in [1.29, 1.82) is 0 Å². The summed E-state index contributed by atoms with van der Waals surface area (Å²) in [6.07, 6.45) is 5.85. The van der Waals surface area contributed by atoms with Gasteiger partial charge in [-0.1, -0.05) is 59.5 Å². The normalized spacial score (nSPS) is 15.9. The lowest BCUT2D eigenvalue weighted by Gasteiger charge is -2.23. The van der Waals surface area contributed by atoms with Crippen molar-refractivity contribution in [3.8, 4) is 0 Å². The molecule has 4 heteroatoms. The van der Waals surface area contributed by atoms with Gasteiger partial charge in [0.05, 0.1) is 0 Å². The fraction of sp³-hybridized carbons (Fsp3) is 0.389. The lowest BCUT2D eigenvalue weighted by molar-refractivity contribution is 0.0927. The van der Waals surface area contributed by atoms with Crippen LogP contribution in [0.5, 0.6) is 0 Å². The number of carbonyl (C=O) groups is 1. The van der Waals surface area contributed by atoms with E-state index in [1.807, 2.05) is 30.3 Å². The Morgan fingerprint density at radius 2 is 1.86 bits per heavy atom. The molecule has 0 saturated heterocycles. The van der Waals surface area contributed by atoms with Gasteiger partial charge in [0.25, 0.3) is 5.91 Å². The highest BCUT2D eigenvalue weighted by Gasteiger charge is 2.20. The Kier molecular flexibility index (Phi) is 4.79. The van der Waals surface area contributed by atoms with E-state index in [0.29, 0.717) is 18.2 Å². The zero-order chi connectivity index (χ0) is 15.5. The predicted molar refractivity (Wildman–Crippen MR) is 93.9 cm³/mol. The second-order valence-electron chi connectivity index (χ2n) is 5.94. The lowest BCUT2D eigenvalue weighted by atomic mass is 9.94. The molecule has 2 aromatic carbocycles. The van der Waals surface area contributed by atoms with Gasteiger partial charge in [-0.15, -0.1) is 0 Å². The molecule has 3 N–H and O–H groups in total. The van der Waals surface area contributed by atoms with Crippen LogP contribution in [0.3, 0.4) is 0 Å². The van der Waals surface area contributed by atoms with E-state index < -0.39 is 0 Å². The van der Waals surface area contributed by atoms with Gasteiger partial charge < -0.3 is 11.1 Å². The van der Waals surface area contributed by atoms with Gasteiger partial charge in [0.15, 0.2) is 0 Å². The van der Waals surface area contributed by atoms with Crippen LogP contribution < -0.4 is 11.1 Å². The molecular weight excluding hydrogens is 340 g/mol. The van der Waals surface area contributed by atoms with Crippen LogP contribution in [-0.2, 0) is 6.54 Å². The summed E-state index contributed by atoms with van der Waals surface area (Å²) >= 11 is 3.58. The molecule has 0 bridgehead atoms. The number of rotatable bonds is 3. The molecular formula is C18H21BrN2O. The standard InChI is InChI=1S/C18H21BrN2O/c19-17-10-15(18(22)21-12-6-2-1-3-7-12)16(11-20)13-8-4-5-9-14(13)17/h4-5,8-10,12H,1-3,6-7,11,20H2,(H,21,22). The minimum atomic E-state index is -0.00111. The van der Waals surface area contributed by atoms with E-state index >= 15 is 0 Å². The van der Waals surface area contributed by atoms with E-state index in [2.05, 4.69) is 21.2 Å². The van der Waals surface area contributed by atoms with Crippen molar-refractivity contribution in [3.63, 3.8) is 0 Å². The second-order valence-corrected chi connectivity index (χ2v) is 6.80. The first-order valence-corrected chi connectivity index (χ1v) is 8.71. The van der Waals surface area contributed by atoms with Crippen LogP contribution in [-0.4, -0.2) is 11.9 Å². The number of carbonyl (C=O) groups excluding carboxylic acids is 1. The molecule has 0 radical (unpaired) electrons. The molecule has 1 aliphatic carbocycles. The van der Waals surface area contributed by atoms with Crippen LogP contribution in [0, 0.1) is 0 Å². The van der Waals surface area contributed by atoms with Gasteiger partial charge in [0.2, 0.25) is 0 Å². The Balaban J connectivity index is 1.96. The summed E-state index contributed by atoms with van der Waals surface area (Å²) in [6, 6.07) is 10.3. The zero-order valence-electron chi connectivity index (χ0n) is 12.6. The van der Waals surface area contributed by atoms with Crippen LogP contribution in [0.1, 0.15) is 48.0 Å². The molecule has 2 aromatic rings. The minimum absolute atomic E-state index is 0.00111. The molecule has 1 amide bonds. The second kappa shape index (κ2) is 6.80. The van der Waals surface area contributed by atoms with E-state index in [1.54, 1.807) is 0 Å². The summed E-state index contributed by atoms with van der Waals surface area (Å²) in [5.41, 5.74) is 7.56. The highest BCUT2D eigenvalue weighted by atomic mass is 79.9. The first kappa shape index (κ1) is 15.5. The van der Waals surface area contributed by atoms with Gasteiger partial charge in [-0.05, 0) is 35.2 Å².